The Kier molecular flexibility index (Phi) is 4.25. The zero-order chi connectivity index (χ0) is 13.0. The first-order valence-corrected chi connectivity index (χ1v) is 6.87. The Morgan fingerprint density at radius 1 is 1.33 bits per heavy atom. The van der Waals surface area contributed by atoms with E-state index in [1.807, 2.05) is 0 Å². The Balaban J connectivity index is 2.09. The maximum Gasteiger partial charge on any atom is 0.135 e. The van der Waals surface area contributed by atoms with Gasteiger partial charge in [0.1, 0.15) is 11.6 Å². The summed E-state index contributed by atoms with van der Waals surface area (Å²) in [5.74, 6) is 1.48. The molecule has 96 valence electrons. The van der Waals surface area contributed by atoms with Gasteiger partial charge >= 0.3 is 0 Å². The average Bonchev–Trinajstić information content (AvgIpc) is 2.71. The van der Waals surface area contributed by atoms with Gasteiger partial charge in [0.2, 0.25) is 0 Å². The molecule has 0 atom stereocenters. The van der Waals surface area contributed by atoms with Crippen LogP contribution in [-0.4, -0.2) is 15.5 Å². The van der Waals surface area contributed by atoms with Crippen LogP contribution in [0.3, 0.4) is 0 Å². The molecule has 0 aliphatic heterocycles. The summed E-state index contributed by atoms with van der Waals surface area (Å²) in [6, 6.07) is 6.38. The van der Waals surface area contributed by atoms with Gasteiger partial charge in [-0.2, -0.15) is 5.10 Å². The minimum Gasteiger partial charge on any atom is -0.383 e. The van der Waals surface area contributed by atoms with Gasteiger partial charge in [-0.1, -0.05) is 19.1 Å². The van der Waals surface area contributed by atoms with E-state index in [9.17, 15) is 4.39 Å². The van der Waals surface area contributed by atoms with Gasteiger partial charge in [-0.15, -0.1) is 11.8 Å². The summed E-state index contributed by atoms with van der Waals surface area (Å²) < 4.78 is 14.5. The molecule has 18 heavy (non-hydrogen) atoms. The van der Waals surface area contributed by atoms with Crippen molar-refractivity contribution in [1.82, 2.24) is 9.78 Å². The van der Waals surface area contributed by atoms with Crippen LogP contribution in [0.5, 0.6) is 0 Å². The van der Waals surface area contributed by atoms with Crippen molar-refractivity contribution in [3.05, 3.63) is 41.8 Å². The maximum absolute atomic E-state index is 12.8. The van der Waals surface area contributed by atoms with Crippen LogP contribution in [0.4, 0.5) is 10.2 Å². The van der Waals surface area contributed by atoms with Gasteiger partial charge in [-0.05, 0) is 29.9 Å². The lowest BCUT2D eigenvalue weighted by Crippen LogP contribution is -2.06. The third-order valence-electron chi connectivity index (χ3n) is 2.55. The van der Waals surface area contributed by atoms with E-state index in [4.69, 9.17) is 5.73 Å². The van der Waals surface area contributed by atoms with Gasteiger partial charge < -0.3 is 5.73 Å². The summed E-state index contributed by atoms with van der Waals surface area (Å²) in [6.45, 7) is 2.70. The molecule has 2 aromatic rings. The lowest BCUT2D eigenvalue weighted by molar-refractivity contribution is 0.625. The predicted molar refractivity (Wildman–Crippen MR) is 73.2 cm³/mol. The van der Waals surface area contributed by atoms with Crippen LogP contribution in [-0.2, 0) is 6.54 Å². The van der Waals surface area contributed by atoms with Crippen molar-refractivity contribution < 1.29 is 4.39 Å². The minimum absolute atomic E-state index is 0.230. The number of hydrogen-bond acceptors (Lipinski definition) is 3. The van der Waals surface area contributed by atoms with Crippen molar-refractivity contribution >= 4 is 17.6 Å². The Morgan fingerprint density at radius 3 is 2.72 bits per heavy atom. The van der Waals surface area contributed by atoms with Crippen LogP contribution >= 0.6 is 11.8 Å². The van der Waals surface area contributed by atoms with Gasteiger partial charge in [0.15, 0.2) is 0 Å². The smallest absolute Gasteiger partial charge is 0.135 e. The summed E-state index contributed by atoms with van der Waals surface area (Å²) >= 11 is 1.71. The molecule has 0 aliphatic carbocycles. The van der Waals surface area contributed by atoms with E-state index in [1.54, 1.807) is 34.8 Å². The first-order valence-electron chi connectivity index (χ1n) is 5.89. The highest BCUT2D eigenvalue weighted by molar-refractivity contribution is 7.99. The molecule has 0 amide bonds. The van der Waals surface area contributed by atoms with E-state index in [-0.39, 0.29) is 5.82 Å². The number of thioether (sulfide) groups is 1. The zero-order valence-corrected chi connectivity index (χ0v) is 11.1. The van der Waals surface area contributed by atoms with Crippen LogP contribution in [0.15, 0.2) is 35.4 Å². The van der Waals surface area contributed by atoms with E-state index in [0.717, 1.165) is 22.6 Å². The fourth-order valence-electron chi connectivity index (χ4n) is 1.59. The number of nitrogens with two attached hydrogens (primary N) is 1. The number of rotatable bonds is 5. The van der Waals surface area contributed by atoms with Crippen LogP contribution in [0.2, 0.25) is 0 Å². The van der Waals surface area contributed by atoms with Crippen LogP contribution in [0.25, 0.3) is 0 Å². The molecule has 1 heterocycles. The number of aromatic nitrogens is 2. The van der Waals surface area contributed by atoms with E-state index in [1.165, 1.54) is 12.1 Å². The number of halogens is 1. The summed E-state index contributed by atoms with van der Waals surface area (Å²) in [6.07, 6.45) is 2.90. The molecule has 0 spiro atoms. The number of nitrogens with zero attached hydrogens (tertiary/aromatic N) is 2. The molecule has 0 bridgehead atoms. The third kappa shape index (κ3) is 3.04. The van der Waals surface area contributed by atoms with Crippen LogP contribution < -0.4 is 5.73 Å². The highest BCUT2D eigenvalue weighted by Gasteiger charge is 2.07. The zero-order valence-electron chi connectivity index (χ0n) is 10.3. The molecule has 2 N–H and O–H groups in total. The van der Waals surface area contributed by atoms with Crippen molar-refractivity contribution in [3.8, 4) is 0 Å². The molecule has 0 radical (unpaired) electrons. The van der Waals surface area contributed by atoms with Crippen LogP contribution in [0.1, 0.15) is 18.9 Å². The van der Waals surface area contributed by atoms with Gasteiger partial charge in [-0.25, -0.2) is 9.07 Å². The summed E-state index contributed by atoms with van der Waals surface area (Å²) in [4.78, 5) is 1.01. The normalized spacial score (nSPS) is 10.8. The minimum atomic E-state index is -0.230. The number of benzene rings is 1. The second kappa shape index (κ2) is 5.91. The molecule has 3 nitrogen and oxygen atoms in total. The van der Waals surface area contributed by atoms with Gasteiger partial charge in [0.05, 0.1) is 17.6 Å². The van der Waals surface area contributed by atoms with E-state index < -0.39 is 0 Å². The first-order chi connectivity index (χ1) is 8.70. The lowest BCUT2D eigenvalue weighted by atomic mass is 10.2. The fraction of sp³-hybridized carbons (Fsp3) is 0.308. The quantitative estimate of drug-likeness (QED) is 0.845. The monoisotopic (exact) mass is 265 g/mol. The SMILES string of the molecule is CCCSc1cnn(Cc2ccc(F)cc2)c1N. The van der Waals surface area contributed by atoms with Gasteiger partial charge in [0, 0.05) is 0 Å². The largest absolute Gasteiger partial charge is 0.383 e. The van der Waals surface area contributed by atoms with Gasteiger partial charge in [0.25, 0.3) is 0 Å². The molecule has 0 saturated carbocycles. The highest BCUT2D eigenvalue weighted by atomic mass is 32.2. The molecule has 0 saturated heterocycles. The van der Waals surface area contributed by atoms with Crippen molar-refractivity contribution in [2.45, 2.75) is 24.8 Å². The summed E-state index contributed by atoms with van der Waals surface area (Å²) in [7, 11) is 0. The number of anilines is 1. The average molecular weight is 265 g/mol. The fourth-order valence-corrected chi connectivity index (χ4v) is 2.39. The second-order valence-electron chi connectivity index (χ2n) is 4.03. The number of nitrogen functional groups attached to an aromatic ring is 1. The summed E-state index contributed by atoms with van der Waals surface area (Å²) in [5.41, 5.74) is 7.01. The van der Waals surface area contributed by atoms with Gasteiger partial charge in [-0.3, -0.25) is 0 Å². The topological polar surface area (TPSA) is 43.8 Å². The molecular weight excluding hydrogens is 249 g/mol. The third-order valence-corrected chi connectivity index (χ3v) is 3.79. The first kappa shape index (κ1) is 13.0. The molecule has 1 aromatic heterocycles. The molecule has 0 unspecified atom stereocenters. The molecule has 0 fully saturated rings. The Labute approximate surface area is 110 Å². The molecule has 1 aromatic carbocycles. The molecule has 5 heteroatoms. The Morgan fingerprint density at radius 2 is 2.06 bits per heavy atom. The predicted octanol–water partition coefficient (Wildman–Crippen LogP) is 3.15. The molecular formula is C13H16FN3S. The van der Waals surface area contributed by atoms with Crippen molar-refractivity contribution in [3.63, 3.8) is 0 Å². The number of hydrogen-bond donors (Lipinski definition) is 1. The van der Waals surface area contributed by atoms with Crippen molar-refractivity contribution in [1.29, 1.82) is 0 Å². The standard InChI is InChI=1S/C13H16FN3S/c1-2-7-18-12-8-16-17(13(12)15)9-10-3-5-11(14)6-4-10/h3-6,8H,2,7,9,15H2,1H3. The molecule has 0 aliphatic rings. The van der Waals surface area contributed by atoms with E-state index in [0.29, 0.717) is 12.4 Å². The van der Waals surface area contributed by atoms with Crippen LogP contribution in [0, 0.1) is 5.82 Å². The van der Waals surface area contributed by atoms with Crippen molar-refractivity contribution in [2.75, 3.05) is 11.5 Å². The van der Waals surface area contributed by atoms with E-state index >= 15 is 0 Å². The molecule has 2 rings (SSSR count). The summed E-state index contributed by atoms with van der Waals surface area (Å²) in [5, 5.41) is 4.26. The van der Waals surface area contributed by atoms with E-state index in [2.05, 4.69) is 12.0 Å². The maximum atomic E-state index is 12.8. The Hall–Kier alpha value is -1.49. The lowest BCUT2D eigenvalue weighted by Gasteiger charge is -2.05. The second-order valence-corrected chi connectivity index (χ2v) is 5.16. The highest BCUT2D eigenvalue weighted by Crippen LogP contribution is 2.25. The Bertz CT molecular complexity index is 507. The van der Waals surface area contributed by atoms with Crippen molar-refractivity contribution in [2.24, 2.45) is 0 Å².